The number of fused-ring (bicyclic) bond motifs is 2. The van der Waals surface area contributed by atoms with E-state index in [9.17, 15) is 0 Å². The van der Waals surface area contributed by atoms with Gasteiger partial charge in [-0.05, 0) is 13.3 Å². The first-order valence-corrected chi connectivity index (χ1v) is 4.43. The monoisotopic (exact) mass is 154 g/mol. The Morgan fingerprint density at radius 1 is 1.55 bits per heavy atom. The Bertz CT molecular complexity index is 173. The molecule has 62 valence electrons. The molecule has 0 aliphatic carbocycles. The fourth-order valence-electron chi connectivity index (χ4n) is 2.32. The van der Waals surface area contributed by atoms with Gasteiger partial charge in [-0.15, -0.1) is 0 Å². The summed E-state index contributed by atoms with van der Waals surface area (Å²) in [6, 6.07) is 0.289. The van der Waals surface area contributed by atoms with Crippen LogP contribution in [0.1, 0.15) is 20.3 Å². The molecule has 2 nitrogen and oxygen atoms in total. The Morgan fingerprint density at radius 2 is 2.27 bits per heavy atom. The van der Waals surface area contributed by atoms with E-state index >= 15 is 0 Å². The molecule has 11 heavy (non-hydrogen) atoms. The minimum atomic E-state index is 0.0995. The Balaban J connectivity index is 2.25. The highest BCUT2D eigenvalue weighted by molar-refractivity contribution is 6.11. The normalized spacial score (nSPS) is 56.4. The molecule has 0 N–H and O–H groups in total. The first-order valence-electron chi connectivity index (χ1n) is 4.43. The van der Waals surface area contributed by atoms with Crippen LogP contribution in [-0.2, 0) is 9.47 Å². The lowest BCUT2D eigenvalue weighted by Crippen LogP contribution is -2.40. The van der Waals surface area contributed by atoms with Gasteiger partial charge in [0.15, 0.2) is 0 Å². The molecule has 0 radical (unpaired) electrons. The summed E-state index contributed by atoms with van der Waals surface area (Å²) in [6.07, 6.45) is 1.39. The van der Waals surface area contributed by atoms with Gasteiger partial charge in [-0.3, -0.25) is 0 Å². The van der Waals surface area contributed by atoms with Gasteiger partial charge in [0.25, 0.3) is 0 Å². The van der Waals surface area contributed by atoms with Crippen LogP contribution in [0.2, 0.25) is 0 Å². The average molecular weight is 154 g/mol. The van der Waals surface area contributed by atoms with Crippen LogP contribution in [0.25, 0.3) is 0 Å². The number of rotatable bonds is 0. The fourth-order valence-corrected chi connectivity index (χ4v) is 2.32. The third kappa shape index (κ3) is 0.943. The van der Waals surface area contributed by atoms with Crippen molar-refractivity contribution < 1.29 is 9.47 Å². The van der Waals surface area contributed by atoms with Gasteiger partial charge in [0, 0.05) is 12.5 Å². The highest BCUT2D eigenvalue weighted by Crippen LogP contribution is 2.42. The van der Waals surface area contributed by atoms with Gasteiger partial charge >= 0.3 is 0 Å². The van der Waals surface area contributed by atoms with Crippen LogP contribution in [-0.4, -0.2) is 32.2 Å². The van der Waals surface area contributed by atoms with Crippen LogP contribution >= 0.6 is 0 Å². The zero-order valence-electron chi connectivity index (χ0n) is 7.46. The maximum absolute atomic E-state index is 5.86. The quantitative estimate of drug-likeness (QED) is 0.462. The molecule has 2 bridgehead atoms. The summed E-state index contributed by atoms with van der Waals surface area (Å²) >= 11 is 0. The van der Waals surface area contributed by atoms with Gasteiger partial charge in [0.1, 0.15) is 7.85 Å². The van der Waals surface area contributed by atoms with Crippen LogP contribution in [0.15, 0.2) is 0 Å². The minimum Gasteiger partial charge on any atom is -0.378 e. The maximum atomic E-state index is 5.86. The number of hydrogen-bond acceptors (Lipinski definition) is 2. The van der Waals surface area contributed by atoms with Gasteiger partial charge in [0.05, 0.1) is 17.7 Å². The lowest BCUT2D eigenvalue weighted by molar-refractivity contribution is -0.0533. The molecule has 0 amide bonds. The van der Waals surface area contributed by atoms with Crippen molar-refractivity contribution in [3.8, 4) is 0 Å². The molecule has 2 fully saturated rings. The van der Waals surface area contributed by atoms with E-state index < -0.39 is 0 Å². The minimum absolute atomic E-state index is 0.0995. The zero-order valence-corrected chi connectivity index (χ0v) is 7.46. The average Bonchev–Trinajstić information content (AvgIpc) is 2.13. The molecule has 2 rings (SSSR count). The van der Waals surface area contributed by atoms with E-state index in [-0.39, 0.29) is 11.6 Å². The smallest absolute Gasteiger partial charge is 0.142 e. The van der Waals surface area contributed by atoms with Crippen molar-refractivity contribution in [2.75, 3.05) is 6.61 Å². The van der Waals surface area contributed by atoms with Crippen LogP contribution < -0.4 is 0 Å². The summed E-state index contributed by atoms with van der Waals surface area (Å²) in [5.74, 6) is 0.561. The van der Waals surface area contributed by atoms with E-state index in [2.05, 4.69) is 21.7 Å². The van der Waals surface area contributed by atoms with Crippen molar-refractivity contribution in [1.29, 1.82) is 0 Å². The second-order valence-electron chi connectivity index (χ2n) is 4.01. The van der Waals surface area contributed by atoms with Crippen LogP contribution in [0.5, 0.6) is 0 Å². The maximum Gasteiger partial charge on any atom is 0.142 e. The summed E-state index contributed by atoms with van der Waals surface area (Å²) in [4.78, 5) is 0. The second kappa shape index (κ2) is 2.24. The van der Waals surface area contributed by atoms with Gasteiger partial charge in [-0.1, -0.05) is 6.92 Å². The first-order chi connectivity index (χ1) is 5.13. The Morgan fingerprint density at radius 3 is 2.82 bits per heavy atom. The molecule has 3 heteroatoms. The molecule has 0 aromatic rings. The molecule has 0 saturated carbocycles. The summed E-state index contributed by atoms with van der Waals surface area (Å²) in [5.41, 5.74) is 0.0995. The zero-order chi connectivity index (χ0) is 8.06. The molecular formula is C8H15BO2. The highest BCUT2D eigenvalue weighted by atomic mass is 16.6. The van der Waals surface area contributed by atoms with Crippen LogP contribution in [0.3, 0.4) is 0 Å². The summed E-state index contributed by atoms with van der Waals surface area (Å²) in [7, 11) is 2.11. The van der Waals surface area contributed by atoms with Crippen molar-refractivity contribution >= 4 is 7.85 Å². The number of ether oxygens (including phenoxy) is 2. The summed E-state index contributed by atoms with van der Waals surface area (Å²) in [5, 5.41) is 0. The molecule has 3 unspecified atom stereocenters. The lowest BCUT2D eigenvalue weighted by atomic mass is 9.80. The molecular weight excluding hydrogens is 139 g/mol. The first kappa shape index (κ1) is 7.62. The van der Waals surface area contributed by atoms with Crippen LogP contribution in [0.4, 0.5) is 0 Å². The summed E-state index contributed by atoms with van der Waals surface area (Å²) < 4.78 is 11.5. The lowest BCUT2D eigenvalue weighted by Gasteiger charge is -2.33. The Kier molecular flexibility index (Phi) is 1.55. The summed E-state index contributed by atoms with van der Waals surface area (Å²) in [6.45, 7) is 5.31. The van der Waals surface area contributed by atoms with Crippen molar-refractivity contribution in [1.82, 2.24) is 0 Å². The third-order valence-corrected chi connectivity index (χ3v) is 3.28. The molecule has 4 atom stereocenters. The van der Waals surface area contributed by atoms with E-state index in [1.807, 2.05) is 0 Å². The standard InChI is InChI=1S/C8H15BO2/c1-5-6-7(9)11-8(5,2)3-4-10-6/h5-7H,3-4,9H2,1-2H3/t5?,6?,7?,8-/m0/s1. The van der Waals surface area contributed by atoms with Crippen molar-refractivity contribution in [3.63, 3.8) is 0 Å². The molecule has 2 saturated heterocycles. The number of hydrogen-bond donors (Lipinski definition) is 0. The van der Waals surface area contributed by atoms with Gasteiger partial charge < -0.3 is 9.47 Å². The molecule has 2 heterocycles. The molecule has 0 aromatic heterocycles. The van der Waals surface area contributed by atoms with E-state index in [0.29, 0.717) is 12.0 Å². The SMILES string of the molecule is BC1O[C@@]2(C)CCOC1C2C. The molecule has 2 aliphatic heterocycles. The topological polar surface area (TPSA) is 18.5 Å². The van der Waals surface area contributed by atoms with Crippen molar-refractivity contribution in [2.24, 2.45) is 5.92 Å². The Hall–Kier alpha value is -0.0151. The van der Waals surface area contributed by atoms with Crippen LogP contribution in [0, 0.1) is 5.92 Å². The van der Waals surface area contributed by atoms with E-state index in [1.54, 1.807) is 0 Å². The predicted molar refractivity (Wildman–Crippen MR) is 45.3 cm³/mol. The third-order valence-electron chi connectivity index (χ3n) is 3.28. The largest absolute Gasteiger partial charge is 0.378 e. The van der Waals surface area contributed by atoms with Gasteiger partial charge in [-0.2, -0.15) is 0 Å². The molecule has 0 aromatic carbocycles. The second-order valence-corrected chi connectivity index (χ2v) is 4.01. The molecule has 0 spiro atoms. The van der Waals surface area contributed by atoms with Gasteiger partial charge in [-0.25, -0.2) is 0 Å². The highest BCUT2D eigenvalue weighted by Gasteiger charge is 2.50. The van der Waals surface area contributed by atoms with Crippen molar-refractivity contribution in [3.05, 3.63) is 0 Å². The van der Waals surface area contributed by atoms with E-state index in [1.165, 1.54) is 0 Å². The predicted octanol–water partition coefficient (Wildman–Crippen LogP) is 0.159. The Labute approximate surface area is 68.7 Å². The molecule has 2 aliphatic rings. The van der Waals surface area contributed by atoms with Gasteiger partial charge in [0.2, 0.25) is 0 Å². The van der Waals surface area contributed by atoms with E-state index in [0.717, 1.165) is 13.0 Å². The van der Waals surface area contributed by atoms with Crippen molar-refractivity contribution in [2.45, 2.75) is 38.0 Å². The van der Waals surface area contributed by atoms with E-state index in [4.69, 9.17) is 9.47 Å². The fraction of sp³-hybridized carbons (Fsp3) is 1.00.